The van der Waals surface area contributed by atoms with Gasteiger partial charge in [-0.05, 0) is 39.2 Å². The Morgan fingerprint density at radius 3 is 2.21 bits per heavy atom. The highest BCUT2D eigenvalue weighted by Gasteiger charge is 2.51. The summed E-state index contributed by atoms with van der Waals surface area (Å²) >= 11 is 0. The number of aromatic hydroxyl groups is 1. The van der Waals surface area contributed by atoms with Crippen LogP contribution in [0, 0.1) is 0 Å². The van der Waals surface area contributed by atoms with E-state index in [2.05, 4.69) is 0 Å². The highest BCUT2D eigenvalue weighted by molar-refractivity contribution is 6.62. The minimum absolute atomic E-state index is 0.203. The van der Waals surface area contributed by atoms with Crippen molar-refractivity contribution < 1.29 is 19.2 Å². The highest BCUT2D eigenvalue weighted by atomic mass is 16.7. The molecule has 1 saturated heterocycles. The zero-order valence-corrected chi connectivity index (χ0v) is 12.2. The lowest BCUT2D eigenvalue weighted by atomic mass is 9.78. The molecular weight excluding hydrogens is 243 g/mol. The molecule has 0 aromatic heterocycles. The first-order valence-electron chi connectivity index (χ1n) is 6.43. The average Bonchev–Trinajstić information content (AvgIpc) is 2.51. The monoisotopic (exact) mass is 264 g/mol. The summed E-state index contributed by atoms with van der Waals surface area (Å²) in [6.45, 7) is 8.41. The van der Waals surface area contributed by atoms with Crippen LogP contribution in [0.1, 0.15) is 33.3 Å². The molecule has 2 rings (SSSR count). The molecule has 4 nitrogen and oxygen atoms in total. The summed E-state index contributed by atoms with van der Waals surface area (Å²) in [6.07, 6.45) is 0. The van der Waals surface area contributed by atoms with Crippen LogP contribution in [0.3, 0.4) is 0 Å². The van der Waals surface area contributed by atoms with Gasteiger partial charge in [-0.2, -0.15) is 0 Å². The van der Waals surface area contributed by atoms with Gasteiger partial charge in [-0.15, -0.1) is 0 Å². The fourth-order valence-corrected chi connectivity index (χ4v) is 1.98. The number of phenols is 1. The molecule has 0 unspecified atom stereocenters. The number of methoxy groups -OCH3 is 1. The minimum atomic E-state index is -0.451. The maximum Gasteiger partial charge on any atom is 0.494 e. The molecule has 1 heterocycles. The summed E-state index contributed by atoms with van der Waals surface area (Å²) in [6, 6.07) is 5.41. The Bertz CT molecular complexity index is 455. The predicted molar refractivity (Wildman–Crippen MR) is 74.5 cm³/mol. The van der Waals surface area contributed by atoms with E-state index in [1.165, 1.54) is 0 Å². The smallest absolute Gasteiger partial charge is 0.494 e. The van der Waals surface area contributed by atoms with Gasteiger partial charge >= 0.3 is 7.12 Å². The Morgan fingerprint density at radius 1 is 1.16 bits per heavy atom. The van der Waals surface area contributed by atoms with Gasteiger partial charge in [0.25, 0.3) is 0 Å². The Kier molecular flexibility index (Phi) is 3.64. The van der Waals surface area contributed by atoms with Crippen molar-refractivity contribution in [3.63, 3.8) is 0 Å². The highest BCUT2D eigenvalue weighted by Crippen LogP contribution is 2.36. The van der Waals surface area contributed by atoms with Gasteiger partial charge in [-0.1, -0.05) is 12.1 Å². The average molecular weight is 264 g/mol. The molecule has 0 amide bonds. The molecule has 1 aliphatic heterocycles. The maximum absolute atomic E-state index is 9.95. The van der Waals surface area contributed by atoms with Crippen molar-refractivity contribution in [1.82, 2.24) is 0 Å². The van der Waals surface area contributed by atoms with Gasteiger partial charge in [-0.3, -0.25) is 0 Å². The van der Waals surface area contributed by atoms with E-state index in [0.29, 0.717) is 6.61 Å². The molecule has 1 aliphatic rings. The Morgan fingerprint density at radius 2 is 1.74 bits per heavy atom. The quantitative estimate of drug-likeness (QED) is 0.846. The molecular formula is C14H21BO4. The summed E-state index contributed by atoms with van der Waals surface area (Å²) in [5.41, 5.74) is 0.815. The van der Waals surface area contributed by atoms with Gasteiger partial charge in [0.1, 0.15) is 5.75 Å². The van der Waals surface area contributed by atoms with Crippen molar-refractivity contribution in [2.75, 3.05) is 7.11 Å². The van der Waals surface area contributed by atoms with E-state index in [0.717, 1.165) is 11.0 Å². The third-order valence-electron chi connectivity index (χ3n) is 3.93. The second-order valence-corrected chi connectivity index (χ2v) is 5.91. The molecule has 1 N–H and O–H groups in total. The van der Waals surface area contributed by atoms with Crippen LogP contribution >= 0.6 is 0 Å². The van der Waals surface area contributed by atoms with Gasteiger partial charge < -0.3 is 19.2 Å². The molecule has 1 aromatic rings. The van der Waals surface area contributed by atoms with E-state index >= 15 is 0 Å². The fourth-order valence-electron chi connectivity index (χ4n) is 1.98. The SMILES string of the molecule is COCc1ccc(B2OC(C)(C)C(C)(C)O2)cc1O. The Balaban J connectivity index is 2.23. The third-order valence-corrected chi connectivity index (χ3v) is 3.93. The zero-order chi connectivity index (χ0) is 14.3. The molecule has 0 atom stereocenters. The van der Waals surface area contributed by atoms with Crippen LogP contribution in [-0.4, -0.2) is 30.5 Å². The van der Waals surface area contributed by atoms with Gasteiger partial charge in [0, 0.05) is 12.7 Å². The second-order valence-electron chi connectivity index (χ2n) is 5.91. The molecule has 1 aromatic carbocycles. The van der Waals surface area contributed by atoms with Gasteiger partial charge in [0.15, 0.2) is 0 Å². The first-order valence-corrected chi connectivity index (χ1v) is 6.43. The molecule has 5 heteroatoms. The molecule has 1 fully saturated rings. The van der Waals surface area contributed by atoms with Crippen molar-refractivity contribution in [2.24, 2.45) is 0 Å². The van der Waals surface area contributed by atoms with Crippen molar-refractivity contribution >= 4 is 12.6 Å². The first kappa shape index (κ1) is 14.4. The summed E-state index contributed by atoms with van der Waals surface area (Å²) in [5, 5.41) is 9.95. The summed E-state index contributed by atoms with van der Waals surface area (Å²) in [7, 11) is 1.15. The maximum atomic E-state index is 9.95. The minimum Gasteiger partial charge on any atom is -0.508 e. The molecule has 0 spiro atoms. The Hall–Kier alpha value is -1.04. The molecule has 0 bridgehead atoms. The topological polar surface area (TPSA) is 47.9 Å². The first-order chi connectivity index (χ1) is 8.77. The number of phenolic OH excluding ortho intramolecular Hbond substituents is 1. The van der Waals surface area contributed by atoms with Crippen LogP contribution in [0.2, 0.25) is 0 Å². The summed E-state index contributed by atoms with van der Waals surface area (Å²) in [4.78, 5) is 0. The standard InChI is InChI=1S/C14H21BO4/c1-13(2)14(3,4)19-15(18-13)11-7-6-10(9-17-5)12(16)8-11/h6-8,16H,9H2,1-5H3. The van der Waals surface area contributed by atoms with Crippen LogP contribution in [0.15, 0.2) is 18.2 Å². The lowest BCUT2D eigenvalue weighted by molar-refractivity contribution is 0.00578. The lowest BCUT2D eigenvalue weighted by Crippen LogP contribution is -2.41. The van der Waals surface area contributed by atoms with E-state index in [1.54, 1.807) is 13.2 Å². The molecule has 0 aliphatic carbocycles. The number of benzene rings is 1. The normalized spacial score (nSPS) is 20.8. The van der Waals surface area contributed by atoms with Gasteiger partial charge in [0.05, 0.1) is 17.8 Å². The van der Waals surface area contributed by atoms with Gasteiger partial charge in [0.2, 0.25) is 0 Å². The van der Waals surface area contributed by atoms with E-state index in [1.807, 2.05) is 39.8 Å². The fraction of sp³-hybridized carbons (Fsp3) is 0.571. The molecule has 19 heavy (non-hydrogen) atoms. The van der Waals surface area contributed by atoms with Crippen LogP contribution in [0.4, 0.5) is 0 Å². The number of rotatable bonds is 3. The molecule has 0 saturated carbocycles. The second kappa shape index (κ2) is 4.82. The van der Waals surface area contributed by atoms with Crippen LogP contribution in [0.5, 0.6) is 5.75 Å². The van der Waals surface area contributed by atoms with Crippen LogP contribution in [-0.2, 0) is 20.7 Å². The van der Waals surface area contributed by atoms with E-state index < -0.39 is 7.12 Å². The number of hydrogen-bond donors (Lipinski definition) is 1. The van der Waals surface area contributed by atoms with Gasteiger partial charge in [-0.25, -0.2) is 0 Å². The number of hydrogen-bond acceptors (Lipinski definition) is 4. The van der Waals surface area contributed by atoms with Crippen LogP contribution < -0.4 is 5.46 Å². The van der Waals surface area contributed by atoms with E-state index in [4.69, 9.17) is 14.0 Å². The number of ether oxygens (including phenoxy) is 1. The lowest BCUT2D eigenvalue weighted by Gasteiger charge is -2.32. The molecule has 0 radical (unpaired) electrons. The Labute approximate surface area is 114 Å². The van der Waals surface area contributed by atoms with Crippen molar-refractivity contribution in [3.05, 3.63) is 23.8 Å². The van der Waals surface area contributed by atoms with E-state index in [9.17, 15) is 5.11 Å². The van der Waals surface area contributed by atoms with Crippen molar-refractivity contribution in [2.45, 2.75) is 45.5 Å². The summed E-state index contributed by atoms with van der Waals surface area (Å²) < 4.78 is 16.9. The van der Waals surface area contributed by atoms with Crippen LogP contribution in [0.25, 0.3) is 0 Å². The van der Waals surface area contributed by atoms with Crippen molar-refractivity contribution in [3.8, 4) is 5.75 Å². The largest absolute Gasteiger partial charge is 0.508 e. The zero-order valence-electron chi connectivity index (χ0n) is 12.2. The predicted octanol–water partition coefficient (Wildman–Crippen LogP) is 1.84. The molecule has 104 valence electrons. The van der Waals surface area contributed by atoms with Crippen molar-refractivity contribution in [1.29, 1.82) is 0 Å². The third kappa shape index (κ3) is 2.64. The summed E-state index contributed by atoms with van der Waals surface area (Å²) in [5.74, 6) is 0.203. The van der Waals surface area contributed by atoms with E-state index in [-0.39, 0.29) is 17.0 Å².